The second-order valence-corrected chi connectivity index (χ2v) is 6.66. The van der Waals surface area contributed by atoms with Crippen molar-refractivity contribution < 1.29 is 4.42 Å². The number of para-hydroxylation sites is 1. The summed E-state index contributed by atoms with van der Waals surface area (Å²) < 4.78 is 7.01. The van der Waals surface area contributed by atoms with Gasteiger partial charge in [-0.1, -0.05) is 28.1 Å². The molecule has 0 aliphatic carbocycles. The van der Waals surface area contributed by atoms with Crippen molar-refractivity contribution in [2.75, 3.05) is 11.6 Å². The Morgan fingerprint density at radius 1 is 1.14 bits per heavy atom. The smallest absolute Gasteiger partial charge is 0.134 e. The summed E-state index contributed by atoms with van der Waals surface area (Å²) in [4.78, 5) is 1.24. The quantitative estimate of drug-likeness (QED) is 0.569. The highest BCUT2D eigenvalue weighted by atomic mass is 79.9. The van der Waals surface area contributed by atoms with Gasteiger partial charge in [-0.15, -0.1) is 11.8 Å². The minimum atomic E-state index is 0.115. The Labute approximate surface area is 137 Å². The van der Waals surface area contributed by atoms with Gasteiger partial charge in [-0.2, -0.15) is 0 Å². The first kappa shape index (κ1) is 14.5. The van der Waals surface area contributed by atoms with Gasteiger partial charge >= 0.3 is 0 Å². The lowest BCUT2D eigenvalue weighted by atomic mass is 10.2. The molecule has 4 heteroatoms. The molecule has 108 valence electrons. The highest BCUT2D eigenvalue weighted by Gasteiger charge is 2.13. The zero-order valence-corrected chi connectivity index (χ0v) is 14.3. The van der Waals surface area contributed by atoms with Crippen molar-refractivity contribution in [2.24, 2.45) is 0 Å². The molecule has 0 amide bonds. The van der Waals surface area contributed by atoms with E-state index in [0.717, 1.165) is 26.9 Å². The van der Waals surface area contributed by atoms with E-state index in [1.54, 1.807) is 11.8 Å². The molecule has 0 saturated carbocycles. The van der Waals surface area contributed by atoms with Gasteiger partial charge in [0, 0.05) is 20.4 Å². The molecule has 0 radical (unpaired) electrons. The molecule has 0 bridgehead atoms. The third kappa shape index (κ3) is 3.11. The summed E-state index contributed by atoms with van der Waals surface area (Å²) in [7, 11) is 0. The van der Waals surface area contributed by atoms with E-state index in [1.165, 1.54) is 4.90 Å². The Morgan fingerprint density at radius 3 is 2.76 bits per heavy atom. The lowest BCUT2D eigenvalue weighted by Gasteiger charge is -2.15. The fourth-order valence-electron chi connectivity index (χ4n) is 2.32. The third-order valence-electron chi connectivity index (χ3n) is 3.40. The van der Waals surface area contributed by atoms with Crippen LogP contribution >= 0.6 is 27.7 Å². The topological polar surface area (TPSA) is 25.2 Å². The first-order valence-corrected chi connectivity index (χ1v) is 8.77. The summed E-state index contributed by atoms with van der Waals surface area (Å²) in [6, 6.07) is 16.6. The van der Waals surface area contributed by atoms with Gasteiger partial charge in [0.05, 0.1) is 6.04 Å². The molecule has 3 rings (SSSR count). The van der Waals surface area contributed by atoms with Gasteiger partial charge in [0.1, 0.15) is 11.3 Å². The number of fused-ring (bicyclic) bond motifs is 1. The number of anilines is 1. The van der Waals surface area contributed by atoms with E-state index in [0.29, 0.717) is 0 Å². The summed E-state index contributed by atoms with van der Waals surface area (Å²) in [5.41, 5.74) is 2.05. The van der Waals surface area contributed by atoms with Gasteiger partial charge in [0.2, 0.25) is 0 Å². The zero-order valence-electron chi connectivity index (χ0n) is 11.9. The molecule has 1 N–H and O–H groups in total. The first-order chi connectivity index (χ1) is 10.2. The van der Waals surface area contributed by atoms with Crippen LogP contribution in [0.5, 0.6) is 0 Å². The van der Waals surface area contributed by atoms with E-state index in [1.807, 2.05) is 18.2 Å². The van der Waals surface area contributed by atoms with Gasteiger partial charge in [-0.05, 0) is 49.6 Å². The summed E-state index contributed by atoms with van der Waals surface area (Å²) in [6.45, 7) is 2.11. The number of rotatable bonds is 4. The summed E-state index contributed by atoms with van der Waals surface area (Å²) >= 11 is 5.23. The van der Waals surface area contributed by atoms with Crippen LogP contribution in [0.1, 0.15) is 18.7 Å². The van der Waals surface area contributed by atoms with Crippen LogP contribution in [-0.4, -0.2) is 6.26 Å². The van der Waals surface area contributed by atoms with Crippen LogP contribution in [0.3, 0.4) is 0 Å². The van der Waals surface area contributed by atoms with Crippen LogP contribution in [0.25, 0.3) is 11.0 Å². The number of nitrogens with one attached hydrogen (secondary N) is 1. The normalized spacial score (nSPS) is 12.5. The molecule has 1 aromatic heterocycles. The number of halogens is 1. The Kier molecular flexibility index (Phi) is 4.27. The molecule has 0 aliphatic heterocycles. The maximum atomic E-state index is 5.94. The maximum absolute atomic E-state index is 5.94. The van der Waals surface area contributed by atoms with E-state index >= 15 is 0 Å². The molecule has 0 saturated heterocycles. The average Bonchev–Trinajstić information content (AvgIpc) is 2.91. The maximum Gasteiger partial charge on any atom is 0.134 e. The van der Waals surface area contributed by atoms with E-state index in [9.17, 15) is 0 Å². The zero-order chi connectivity index (χ0) is 14.8. The lowest BCUT2D eigenvalue weighted by molar-refractivity contribution is 0.526. The van der Waals surface area contributed by atoms with Crippen molar-refractivity contribution in [3.05, 3.63) is 58.8 Å². The molecule has 0 aliphatic rings. The van der Waals surface area contributed by atoms with Crippen LogP contribution in [0, 0.1) is 0 Å². The van der Waals surface area contributed by atoms with Crippen molar-refractivity contribution in [3.63, 3.8) is 0 Å². The Hall–Kier alpha value is -1.39. The van der Waals surface area contributed by atoms with Crippen LogP contribution in [-0.2, 0) is 0 Å². The molecule has 0 spiro atoms. The van der Waals surface area contributed by atoms with Crippen LogP contribution in [0.2, 0.25) is 0 Å². The average molecular weight is 362 g/mol. The minimum absolute atomic E-state index is 0.115. The van der Waals surface area contributed by atoms with Crippen molar-refractivity contribution in [1.82, 2.24) is 0 Å². The molecule has 2 nitrogen and oxygen atoms in total. The monoisotopic (exact) mass is 361 g/mol. The SMILES string of the molecule is CSc1ccccc1NC(C)c1cc2cc(Br)ccc2o1. The number of furan rings is 1. The third-order valence-corrected chi connectivity index (χ3v) is 4.69. The van der Waals surface area contributed by atoms with Gasteiger partial charge in [0.15, 0.2) is 0 Å². The van der Waals surface area contributed by atoms with E-state index in [2.05, 4.69) is 64.8 Å². The van der Waals surface area contributed by atoms with Gasteiger partial charge in [-0.3, -0.25) is 0 Å². The number of thioether (sulfide) groups is 1. The molecule has 1 unspecified atom stereocenters. The van der Waals surface area contributed by atoms with Crippen molar-refractivity contribution in [3.8, 4) is 0 Å². The Bertz CT molecular complexity index is 768. The van der Waals surface area contributed by atoms with Crippen molar-refractivity contribution >= 4 is 44.3 Å². The second kappa shape index (κ2) is 6.16. The number of hydrogen-bond acceptors (Lipinski definition) is 3. The number of hydrogen-bond donors (Lipinski definition) is 1. The fourth-order valence-corrected chi connectivity index (χ4v) is 3.26. The van der Waals surface area contributed by atoms with E-state index in [-0.39, 0.29) is 6.04 Å². The second-order valence-electron chi connectivity index (χ2n) is 4.90. The minimum Gasteiger partial charge on any atom is -0.459 e. The highest BCUT2D eigenvalue weighted by Crippen LogP contribution is 2.31. The molecule has 0 fully saturated rings. The van der Waals surface area contributed by atoms with Crippen LogP contribution in [0.15, 0.2) is 62.3 Å². The van der Waals surface area contributed by atoms with Gasteiger partial charge in [-0.25, -0.2) is 0 Å². The van der Waals surface area contributed by atoms with Gasteiger partial charge in [0.25, 0.3) is 0 Å². The van der Waals surface area contributed by atoms with Gasteiger partial charge < -0.3 is 9.73 Å². The predicted octanol–water partition coefficient (Wildman–Crippen LogP) is 6.09. The number of benzene rings is 2. The summed E-state index contributed by atoms with van der Waals surface area (Å²) in [5.74, 6) is 0.944. The lowest BCUT2D eigenvalue weighted by Crippen LogP contribution is -2.06. The van der Waals surface area contributed by atoms with Crippen molar-refractivity contribution in [1.29, 1.82) is 0 Å². The first-order valence-electron chi connectivity index (χ1n) is 6.76. The van der Waals surface area contributed by atoms with E-state index in [4.69, 9.17) is 4.42 Å². The van der Waals surface area contributed by atoms with Crippen LogP contribution in [0.4, 0.5) is 5.69 Å². The molecular weight excluding hydrogens is 346 g/mol. The Morgan fingerprint density at radius 2 is 1.95 bits per heavy atom. The van der Waals surface area contributed by atoms with Crippen molar-refractivity contribution in [2.45, 2.75) is 17.9 Å². The largest absolute Gasteiger partial charge is 0.459 e. The molecule has 1 heterocycles. The molecule has 1 atom stereocenters. The van der Waals surface area contributed by atoms with E-state index < -0.39 is 0 Å². The molecular formula is C17H16BrNOS. The van der Waals surface area contributed by atoms with Crippen LogP contribution < -0.4 is 5.32 Å². The predicted molar refractivity (Wildman–Crippen MR) is 94.2 cm³/mol. The highest BCUT2D eigenvalue weighted by molar-refractivity contribution is 9.10. The molecule has 21 heavy (non-hydrogen) atoms. The Balaban J connectivity index is 1.88. The molecule has 2 aromatic carbocycles. The fraction of sp³-hybridized carbons (Fsp3) is 0.176. The summed E-state index contributed by atoms with van der Waals surface area (Å²) in [5, 5.41) is 4.64. The molecule has 3 aromatic rings. The summed E-state index contributed by atoms with van der Waals surface area (Å²) in [6.07, 6.45) is 2.09. The standard InChI is InChI=1S/C17H16BrNOS/c1-11(19-14-5-3-4-6-17(14)21-2)16-10-12-9-13(18)7-8-15(12)20-16/h3-11,19H,1-2H3.